The zero-order chi connectivity index (χ0) is 27.5. The molecule has 1 aliphatic rings. The summed E-state index contributed by atoms with van der Waals surface area (Å²) in [6, 6.07) is 31.1. The molecular formula is C32H28N6O2. The highest BCUT2D eigenvalue weighted by molar-refractivity contribution is 5.69. The minimum Gasteiger partial charge on any atom is -0.414 e. The average molecular weight is 529 g/mol. The van der Waals surface area contributed by atoms with E-state index in [1.165, 1.54) is 18.2 Å². The Morgan fingerprint density at radius 3 is 2.00 bits per heavy atom. The van der Waals surface area contributed by atoms with E-state index in [4.69, 9.17) is 9.57 Å². The standard InChI is InChI=1S/C32H28N6O2/c1-23-18-27(37-21-35-29-30(37)36-22-38(39-2)31(29)34-20-33)19-28(23)40-32(24-12-6-3-7-13-24,25-14-8-4-9-15-25)26-16-10-5-11-17-26/h3-17,21-22,27-28H,1,18-19H2,2H3. The van der Waals surface area contributed by atoms with Crippen LogP contribution in [-0.4, -0.2) is 32.5 Å². The SMILES string of the molecule is C=C1CC(n2cnc3c(=NC#N)n(OC)cnc32)CC1OC(c1ccccc1)(c1ccccc1)c1ccccc1. The first kappa shape index (κ1) is 25.3. The lowest BCUT2D eigenvalue weighted by Gasteiger charge is -2.38. The number of benzene rings is 3. The first-order chi connectivity index (χ1) is 19.7. The lowest BCUT2D eigenvalue weighted by Crippen LogP contribution is -2.36. The van der Waals surface area contributed by atoms with E-state index < -0.39 is 5.60 Å². The first-order valence-electron chi connectivity index (χ1n) is 13.1. The van der Waals surface area contributed by atoms with Crippen molar-refractivity contribution in [2.75, 3.05) is 7.11 Å². The van der Waals surface area contributed by atoms with Crippen LogP contribution in [0.15, 0.2) is 121 Å². The van der Waals surface area contributed by atoms with Gasteiger partial charge in [0.25, 0.3) is 0 Å². The van der Waals surface area contributed by atoms with Crippen LogP contribution in [0.1, 0.15) is 35.6 Å². The number of hydrogen-bond donors (Lipinski definition) is 0. The normalized spacial score (nSPS) is 17.7. The molecule has 198 valence electrons. The fourth-order valence-corrected chi connectivity index (χ4v) is 5.67. The summed E-state index contributed by atoms with van der Waals surface area (Å²) in [4.78, 5) is 18.3. The Balaban J connectivity index is 1.43. The molecular weight excluding hydrogens is 500 g/mol. The van der Waals surface area contributed by atoms with Crippen LogP contribution in [0, 0.1) is 11.5 Å². The Labute approximate surface area is 232 Å². The summed E-state index contributed by atoms with van der Waals surface area (Å²) in [5, 5.41) is 9.21. The van der Waals surface area contributed by atoms with E-state index in [9.17, 15) is 5.26 Å². The van der Waals surface area contributed by atoms with Gasteiger partial charge in [-0.2, -0.15) is 9.99 Å². The highest BCUT2D eigenvalue weighted by Gasteiger charge is 2.43. The zero-order valence-corrected chi connectivity index (χ0v) is 22.1. The van der Waals surface area contributed by atoms with Crippen molar-refractivity contribution in [3.8, 4) is 6.19 Å². The van der Waals surface area contributed by atoms with Gasteiger partial charge in [-0.25, -0.2) is 9.97 Å². The highest BCUT2D eigenvalue weighted by Crippen LogP contribution is 2.46. The molecule has 3 aromatic carbocycles. The summed E-state index contributed by atoms with van der Waals surface area (Å²) in [6.07, 6.45) is 6.22. The van der Waals surface area contributed by atoms with E-state index in [0.717, 1.165) is 22.3 Å². The number of fused-ring (bicyclic) bond motifs is 1. The maximum absolute atomic E-state index is 9.21. The number of nitrogens with zero attached hydrogens (tertiary/aromatic N) is 6. The van der Waals surface area contributed by atoms with Gasteiger partial charge in [0.1, 0.15) is 19.0 Å². The molecule has 5 aromatic rings. The number of nitriles is 1. The molecule has 8 heteroatoms. The molecule has 2 aromatic heterocycles. The number of rotatable bonds is 7. The van der Waals surface area contributed by atoms with E-state index in [2.05, 4.69) is 57.9 Å². The smallest absolute Gasteiger partial charge is 0.211 e. The second-order valence-electron chi connectivity index (χ2n) is 9.75. The minimum absolute atomic E-state index is 0.0170. The number of hydrogen-bond acceptors (Lipinski definition) is 6. The first-order valence-corrected chi connectivity index (χ1v) is 13.1. The Morgan fingerprint density at radius 1 is 0.900 bits per heavy atom. The van der Waals surface area contributed by atoms with E-state index in [-0.39, 0.29) is 12.1 Å². The summed E-state index contributed by atoms with van der Waals surface area (Å²) >= 11 is 0. The summed E-state index contributed by atoms with van der Waals surface area (Å²) in [5.41, 5.74) is 4.72. The van der Waals surface area contributed by atoms with E-state index >= 15 is 0 Å². The van der Waals surface area contributed by atoms with Crippen LogP contribution in [-0.2, 0) is 10.3 Å². The van der Waals surface area contributed by atoms with Crippen LogP contribution in [0.2, 0.25) is 0 Å². The van der Waals surface area contributed by atoms with Crippen LogP contribution in [0.3, 0.4) is 0 Å². The Morgan fingerprint density at radius 2 is 1.48 bits per heavy atom. The maximum atomic E-state index is 9.21. The lowest BCUT2D eigenvalue weighted by atomic mass is 9.79. The van der Waals surface area contributed by atoms with Gasteiger partial charge < -0.3 is 14.1 Å². The monoisotopic (exact) mass is 528 g/mol. The second kappa shape index (κ2) is 10.6. The van der Waals surface area contributed by atoms with Gasteiger partial charge in [0, 0.05) is 6.04 Å². The molecule has 8 nitrogen and oxygen atoms in total. The topological polar surface area (TPSA) is 90.2 Å². The van der Waals surface area contributed by atoms with Crippen molar-refractivity contribution in [3.63, 3.8) is 0 Å². The van der Waals surface area contributed by atoms with Crippen molar-refractivity contribution in [1.29, 1.82) is 5.26 Å². The van der Waals surface area contributed by atoms with E-state index in [0.29, 0.717) is 29.5 Å². The maximum Gasteiger partial charge on any atom is 0.211 e. The van der Waals surface area contributed by atoms with E-state index in [1.807, 2.05) is 65.4 Å². The molecule has 2 heterocycles. The van der Waals surface area contributed by atoms with Gasteiger partial charge in [-0.1, -0.05) is 97.6 Å². The van der Waals surface area contributed by atoms with Crippen molar-refractivity contribution in [1.82, 2.24) is 19.3 Å². The molecule has 2 atom stereocenters. The Bertz CT molecular complexity index is 1660. The minimum atomic E-state index is -0.843. The van der Waals surface area contributed by atoms with Crippen molar-refractivity contribution < 1.29 is 9.57 Å². The number of imidazole rings is 1. The third-order valence-electron chi connectivity index (χ3n) is 7.52. The average Bonchev–Trinajstić information content (AvgIpc) is 3.60. The molecule has 1 fully saturated rings. The molecule has 0 radical (unpaired) electrons. The molecule has 40 heavy (non-hydrogen) atoms. The molecule has 0 bridgehead atoms. The van der Waals surface area contributed by atoms with Crippen LogP contribution in [0.25, 0.3) is 11.2 Å². The van der Waals surface area contributed by atoms with Gasteiger partial charge in [0.2, 0.25) is 11.7 Å². The Kier molecular flexibility index (Phi) is 6.72. The summed E-state index contributed by atoms with van der Waals surface area (Å²) in [5.74, 6) is 0. The van der Waals surface area contributed by atoms with E-state index in [1.54, 1.807) is 6.33 Å². The van der Waals surface area contributed by atoms with Crippen molar-refractivity contribution in [2.45, 2.75) is 30.6 Å². The molecule has 2 unspecified atom stereocenters. The van der Waals surface area contributed by atoms with Gasteiger partial charge in [-0.15, -0.1) is 4.99 Å². The van der Waals surface area contributed by atoms with Crippen molar-refractivity contribution in [2.24, 2.45) is 4.99 Å². The molecule has 0 aliphatic heterocycles. The fraction of sp³-hybridized carbons (Fsp3) is 0.188. The van der Waals surface area contributed by atoms with Crippen LogP contribution >= 0.6 is 0 Å². The number of aromatic nitrogens is 4. The van der Waals surface area contributed by atoms with Crippen LogP contribution in [0.4, 0.5) is 0 Å². The summed E-state index contributed by atoms with van der Waals surface area (Å²) in [7, 11) is 1.49. The van der Waals surface area contributed by atoms with Gasteiger partial charge in [-0.05, 0) is 35.1 Å². The predicted molar refractivity (Wildman–Crippen MR) is 151 cm³/mol. The van der Waals surface area contributed by atoms with Crippen LogP contribution < -0.4 is 10.3 Å². The number of ether oxygens (including phenoxy) is 1. The highest BCUT2D eigenvalue weighted by atomic mass is 16.6. The summed E-state index contributed by atoms with van der Waals surface area (Å²) in [6.45, 7) is 4.45. The zero-order valence-electron chi connectivity index (χ0n) is 22.1. The molecule has 0 N–H and O–H groups in total. The predicted octanol–water partition coefficient (Wildman–Crippen LogP) is 4.94. The Hall–Kier alpha value is -5.00. The molecule has 1 saturated carbocycles. The van der Waals surface area contributed by atoms with Crippen LogP contribution in [0.5, 0.6) is 0 Å². The molecule has 0 amide bonds. The van der Waals surface area contributed by atoms with Crippen molar-refractivity contribution in [3.05, 3.63) is 138 Å². The molecule has 0 spiro atoms. The molecule has 0 saturated heterocycles. The van der Waals surface area contributed by atoms with Crippen molar-refractivity contribution >= 4 is 11.2 Å². The second-order valence-corrected chi connectivity index (χ2v) is 9.75. The van der Waals surface area contributed by atoms with Gasteiger partial charge in [0.15, 0.2) is 11.2 Å². The van der Waals surface area contributed by atoms with Gasteiger partial charge in [-0.3, -0.25) is 0 Å². The van der Waals surface area contributed by atoms with Gasteiger partial charge >= 0.3 is 0 Å². The fourth-order valence-electron chi connectivity index (χ4n) is 5.67. The largest absolute Gasteiger partial charge is 0.414 e. The summed E-state index contributed by atoms with van der Waals surface area (Å²) < 4.78 is 10.6. The third kappa shape index (κ3) is 4.27. The molecule has 1 aliphatic carbocycles. The third-order valence-corrected chi connectivity index (χ3v) is 7.52. The lowest BCUT2D eigenvalue weighted by molar-refractivity contribution is -0.0285. The van der Waals surface area contributed by atoms with Gasteiger partial charge in [0.05, 0.1) is 12.4 Å². The quantitative estimate of drug-likeness (QED) is 0.170. The molecule has 6 rings (SSSR count).